The van der Waals surface area contributed by atoms with Crippen molar-refractivity contribution in [1.82, 2.24) is 0 Å². The standard InChI is InChI=1S/C20H19N5O3S/c1-25(2)19-11-7-17(8-12-19)23-21-15-3-5-16(6-4-15)22-24-18-9-13-20(14-10-18)29(26,27)28/h3-14H,1-2H3,(H,26,27,28). The van der Waals surface area contributed by atoms with Crippen molar-refractivity contribution >= 4 is 38.6 Å². The van der Waals surface area contributed by atoms with E-state index in [0.29, 0.717) is 17.1 Å². The van der Waals surface area contributed by atoms with Crippen LogP contribution < -0.4 is 4.90 Å². The third-order valence-electron chi connectivity index (χ3n) is 3.91. The molecule has 0 aromatic heterocycles. The highest BCUT2D eigenvalue weighted by atomic mass is 32.2. The van der Waals surface area contributed by atoms with E-state index in [1.165, 1.54) is 24.3 Å². The zero-order valence-electron chi connectivity index (χ0n) is 15.8. The quantitative estimate of drug-likeness (QED) is 0.408. The summed E-state index contributed by atoms with van der Waals surface area (Å²) < 4.78 is 31.0. The first-order valence-corrected chi connectivity index (χ1v) is 10.0. The van der Waals surface area contributed by atoms with Gasteiger partial charge in [-0.3, -0.25) is 4.55 Å². The van der Waals surface area contributed by atoms with Gasteiger partial charge in [0, 0.05) is 19.8 Å². The smallest absolute Gasteiger partial charge is 0.294 e. The Balaban J connectivity index is 1.64. The molecule has 8 nitrogen and oxygen atoms in total. The van der Waals surface area contributed by atoms with Crippen LogP contribution in [-0.4, -0.2) is 27.1 Å². The highest BCUT2D eigenvalue weighted by Crippen LogP contribution is 2.25. The topological polar surface area (TPSA) is 107 Å². The van der Waals surface area contributed by atoms with Crippen molar-refractivity contribution in [1.29, 1.82) is 0 Å². The van der Waals surface area contributed by atoms with Crippen molar-refractivity contribution in [2.75, 3.05) is 19.0 Å². The van der Waals surface area contributed by atoms with Crippen molar-refractivity contribution in [2.24, 2.45) is 20.5 Å². The summed E-state index contributed by atoms with van der Waals surface area (Å²) in [6.07, 6.45) is 0. The average Bonchev–Trinajstić information content (AvgIpc) is 2.71. The molecule has 0 spiro atoms. The fourth-order valence-electron chi connectivity index (χ4n) is 2.32. The van der Waals surface area contributed by atoms with Crippen molar-refractivity contribution in [3.05, 3.63) is 72.8 Å². The fourth-order valence-corrected chi connectivity index (χ4v) is 2.80. The number of azo groups is 2. The first kappa shape index (κ1) is 20.3. The van der Waals surface area contributed by atoms with Gasteiger partial charge in [0.05, 0.1) is 27.6 Å². The van der Waals surface area contributed by atoms with E-state index in [0.717, 1.165) is 11.4 Å². The Labute approximate surface area is 169 Å². The van der Waals surface area contributed by atoms with Gasteiger partial charge in [0.2, 0.25) is 0 Å². The van der Waals surface area contributed by atoms with Crippen molar-refractivity contribution in [3.63, 3.8) is 0 Å². The number of rotatable bonds is 6. The van der Waals surface area contributed by atoms with E-state index in [-0.39, 0.29) is 4.90 Å². The Bertz CT molecular complexity index is 1120. The summed E-state index contributed by atoms with van der Waals surface area (Å²) in [5, 5.41) is 16.5. The predicted octanol–water partition coefficient (Wildman–Crippen LogP) is 5.83. The molecule has 0 atom stereocenters. The van der Waals surface area contributed by atoms with Gasteiger partial charge in [-0.05, 0) is 72.8 Å². The minimum atomic E-state index is -4.22. The van der Waals surface area contributed by atoms with Crippen molar-refractivity contribution < 1.29 is 13.0 Å². The van der Waals surface area contributed by atoms with Crippen LogP contribution >= 0.6 is 0 Å². The molecule has 0 unspecified atom stereocenters. The SMILES string of the molecule is CN(C)c1ccc(N=Nc2ccc(N=Nc3ccc(S(=O)(=O)O)cc3)cc2)cc1. The minimum Gasteiger partial charge on any atom is -0.378 e. The number of hydrogen-bond acceptors (Lipinski definition) is 7. The van der Waals surface area contributed by atoms with Crippen LogP contribution in [0.3, 0.4) is 0 Å². The molecule has 0 heterocycles. The Morgan fingerprint density at radius 3 is 1.24 bits per heavy atom. The van der Waals surface area contributed by atoms with E-state index in [1.54, 1.807) is 24.3 Å². The van der Waals surface area contributed by atoms with Crippen LogP contribution in [0.4, 0.5) is 28.4 Å². The van der Waals surface area contributed by atoms with E-state index >= 15 is 0 Å². The van der Waals surface area contributed by atoms with Crippen molar-refractivity contribution in [3.8, 4) is 0 Å². The van der Waals surface area contributed by atoms with Gasteiger partial charge in [-0.2, -0.15) is 28.9 Å². The second-order valence-corrected chi connectivity index (χ2v) is 7.72. The molecule has 0 aliphatic heterocycles. The Hall–Kier alpha value is -3.43. The molecule has 0 saturated heterocycles. The molecular formula is C20H19N5O3S. The molecule has 0 radical (unpaired) electrons. The monoisotopic (exact) mass is 409 g/mol. The summed E-state index contributed by atoms with van der Waals surface area (Å²) in [6.45, 7) is 0. The molecule has 9 heteroatoms. The Kier molecular flexibility index (Phi) is 6.10. The third-order valence-corrected chi connectivity index (χ3v) is 4.78. The maximum absolute atomic E-state index is 11.0. The summed E-state index contributed by atoms with van der Waals surface area (Å²) in [6, 6.07) is 20.2. The van der Waals surface area contributed by atoms with Gasteiger partial charge >= 0.3 is 0 Å². The molecule has 0 amide bonds. The van der Waals surface area contributed by atoms with Crippen LogP contribution in [0.5, 0.6) is 0 Å². The molecule has 0 fully saturated rings. The first-order valence-electron chi connectivity index (χ1n) is 8.60. The zero-order valence-corrected chi connectivity index (χ0v) is 16.7. The average molecular weight is 409 g/mol. The lowest BCUT2D eigenvalue weighted by Crippen LogP contribution is -2.07. The van der Waals surface area contributed by atoms with Crippen LogP contribution in [0.15, 0.2) is 98.1 Å². The van der Waals surface area contributed by atoms with Crippen LogP contribution in [0.1, 0.15) is 0 Å². The van der Waals surface area contributed by atoms with Crippen LogP contribution in [0.2, 0.25) is 0 Å². The molecule has 148 valence electrons. The number of benzene rings is 3. The highest BCUT2D eigenvalue weighted by molar-refractivity contribution is 7.85. The van der Waals surface area contributed by atoms with Gasteiger partial charge in [0.15, 0.2) is 0 Å². The molecule has 1 N–H and O–H groups in total. The first-order chi connectivity index (χ1) is 13.8. The predicted molar refractivity (Wildman–Crippen MR) is 112 cm³/mol. The van der Waals surface area contributed by atoms with Gasteiger partial charge in [-0.25, -0.2) is 0 Å². The van der Waals surface area contributed by atoms with E-state index in [2.05, 4.69) is 20.5 Å². The minimum absolute atomic E-state index is 0.192. The zero-order chi connectivity index (χ0) is 20.9. The summed E-state index contributed by atoms with van der Waals surface area (Å²) in [4.78, 5) is 1.82. The molecule has 29 heavy (non-hydrogen) atoms. The molecule has 0 aliphatic carbocycles. The molecule has 3 aromatic rings. The van der Waals surface area contributed by atoms with Gasteiger partial charge < -0.3 is 4.90 Å². The van der Waals surface area contributed by atoms with Crippen LogP contribution in [0, 0.1) is 0 Å². The third kappa shape index (κ3) is 5.77. The Morgan fingerprint density at radius 2 is 0.931 bits per heavy atom. The lowest BCUT2D eigenvalue weighted by atomic mass is 10.3. The highest BCUT2D eigenvalue weighted by Gasteiger charge is 2.08. The number of nitrogens with zero attached hydrogens (tertiary/aromatic N) is 5. The summed E-state index contributed by atoms with van der Waals surface area (Å²) in [7, 11) is -0.264. The maximum Gasteiger partial charge on any atom is 0.294 e. The van der Waals surface area contributed by atoms with Crippen molar-refractivity contribution in [2.45, 2.75) is 4.90 Å². The second kappa shape index (κ2) is 8.72. The molecule has 3 rings (SSSR count). The van der Waals surface area contributed by atoms with E-state index in [9.17, 15) is 8.42 Å². The second-order valence-electron chi connectivity index (χ2n) is 6.30. The molecule has 3 aromatic carbocycles. The fraction of sp³-hybridized carbons (Fsp3) is 0.100. The van der Waals surface area contributed by atoms with E-state index < -0.39 is 10.1 Å². The number of hydrogen-bond donors (Lipinski definition) is 1. The summed E-state index contributed by atoms with van der Waals surface area (Å²) >= 11 is 0. The lowest BCUT2D eigenvalue weighted by Gasteiger charge is -2.11. The molecule has 0 saturated carbocycles. The van der Waals surface area contributed by atoms with E-state index in [1.807, 2.05) is 43.3 Å². The largest absolute Gasteiger partial charge is 0.378 e. The maximum atomic E-state index is 11.0. The molecule has 0 aliphatic rings. The van der Waals surface area contributed by atoms with Gasteiger partial charge in [0.1, 0.15) is 0 Å². The normalized spacial score (nSPS) is 12.0. The van der Waals surface area contributed by atoms with Gasteiger partial charge in [-0.15, -0.1) is 0 Å². The summed E-state index contributed by atoms with van der Waals surface area (Å²) in [5.74, 6) is 0. The van der Waals surface area contributed by atoms with Gasteiger partial charge in [0.25, 0.3) is 10.1 Å². The molecule has 0 bridgehead atoms. The Morgan fingerprint density at radius 1 is 0.621 bits per heavy atom. The molecular weight excluding hydrogens is 390 g/mol. The van der Waals surface area contributed by atoms with Gasteiger partial charge in [-0.1, -0.05) is 0 Å². The van der Waals surface area contributed by atoms with E-state index in [4.69, 9.17) is 4.55 Å². The summed E-state index contributed by atoms with van der Waals surface area (Å²) in [5.41, 5.74) is 3.60. The van der Waals surface area contributed by atoms with Crippen LogP contribution in [-0.2, 0) is 10.1 Å². The lowest BCUT2D eigenvalue weighted by molar-refractivity contribution is 0.483. The van der Waals surface area contributed by atoms with Crippen LogP contribution in [0.25, 0.3) is 0 Å². The number of anilines is 1.